The Balaban J connectivity index is 2.85. The van der Waals surface area contributed by atoms with E-state index in [9.17, 15) is 4.79 Å². The first kappa shape index (κ1) is 14.1. The van der Waals surface area contributed by atoms with Crippen LogP contribution < -0.4 is 5.32 Å². The Morgan fingerprint density at radius 3 is 2.67 bits per heavy atom. The quantitative estimate of drug-likeness (QED) is 0.831. The molecule has 0 saturated heterocycles. The van der Waals surface area contributed by atoms with E-state index in [1.165, 1.54) is 6.07 Å². The summed E-state index contributed by atoms with van der Waals surface area (Å²) in [7, 11) is 0. The first-order valence-corrected chi connectivity index (χ1v) is 5.79. The summed E-state index contributed by atoms with van der Waals surface area (Å²) in [5, 5.41) is 20.6. The van der Waals surface area contributed by atoms with Crippen molar-refractivity contribution in [2.45, 2.75) is 26.8 Å². The van der Waals surface area contributed by atoms with Gasteiger partial charge < -0.3 is 10.4 Å². The molecule has 1 amide bonds. The van der Waals surface area contributed by atoms with Crippen LogP contribution in [0.2, 0.25) is 0 Å². The van der Waals surface area contributed by atoms with Crippen molar-refractivity contribution in [1.82, 2.24) is 10.3 Å². The number of nitrogens with zero attached hydrogens (tertiary/aromatic N) is 2. The van der Waals surface area contributed by atoms with Gasteiger partial charge in [-0.25, -0.2) is 4.98 Å². The van der Waals surface area contributed by atoms with Crippen molar-refractivity contribution in [3.05, 3.63) is 29.1 Å². The summed E-state index contributed by atoms with van der Waals surface area (Å²) >= 11 is 0. The summed E-state index contributed by atoms with van der Waals surface area (Å²) in [5.41, 5.74) is 1.23. The van der Waals surface area contributed by atoms with Gasteiger partial charge in [-0.3, -0.25) is 4.79 Å². The van der Waals surface area contributed by atoms with Crippen LogP contribution in [0.5, 0.6) is 0 Å². The van der Waals surface area contributed by atoms with Crippen LogP contribution in [0.1, 0.15) is 35.6 Å². The Bertz CT molecular complexity index is 478. The van der Waals surface area contributed by atoms with E-state index in [1.807, 2.05) is 19.9 Å². The van der Waals surface area contributed by atoms with Gasteiger partial charge in [0.1, 0.15) is 11.8 Å². The van der Waals surface area contributed by atoms with Crippen LogP contribution in [0, 0.1) is 24.2 Å². The highest BCUT2D eigenvalue weighted by molar-refractivity contribution is 5.92. The van der Waals surface area contributed by atoms with Gasteiger partial charge in [-0.05, 0) is 25.0 Å². The average molecular weight is 247 g/mol. The van der Waals surface area contributed by atoms with Gasteiger partial charge >= 0.3 is 0 Å². The lowest BCUT2D eigenvalue weighted by Crippen LogP contribution is -2.41. The fraction of sp³-hybridized carbons (Fsp3) is 0.462. The number of aryl methyl sites for hydroxylation is 1. The first-order valence-electron chi connectivity index (χ1n) is 5.79. The molecular formula is C13H17N3O2. The van der Waals surface area contributed by atoms with Crippen molar-refractivity contribution >= 4 is 5.91 Å². The van der Waals surface area contributed by atoms with Gasteiger partial charge in [-0.1, -0.05) is 13.8 Å². The molecule has 0 fully saturated rings. The second-order valence-corrected chi connectivity index (χ2v) is 4.45. The largest absolute Gasteiger partial charge is 0.394 e. The van der Waals surface area contributed by atoms with E-state index in [0.717, 1.165) is 0 Å². The van der Waals surface area contributed by atoms with E-state index in [4.69, 9.17) is 10.4 Å². The summed E-state index contributed by atoms with van der Waals surface area (Å²) in [6.07, 6.45) is 0. The van der Waals surface area contributed by atoms with Crippen LogP contribution in [-0.4, -0.2) is 28.6 Å². The molecule has 5 nitrogen and oxygen atoms in total. The van der Waals surface area contributed by atoms with Crippen molar-refractivity contribution < 1.29 is 9.90 Å². The molecule has 1 heterocycles. The van der Waals surface area contributed by atoms with E-state index in [0.29, 0.717) is 11.3 Å². The maximum absolute atomic E-state index is 11.9. The minimum absolute atomic E-state index is 0.112. The van der Waals surface area contributed by atoms with E-state index < -0.39 is 0 Å². The number of hydrogen-bond acceptors (Lipinski definition) is 4. The number of aliphatic hydroxyl groups excluding tert-OH is 1. The van der Waals surface area contributed by atoms with Crippen LogP contribution in [0.3, 0.4) is 0 Å². The molecule has 96 valence electrons. The lowest BCUT2D eigenvalue weighted by atomic mass is 10.1. The molecule has 0 bridgehead atoms. The van der Waals surface area contributed by atoms with Crippen LogP contribution in [0.25, 0.3) is 0 Å². The van der Waals surface area contributed by atoms with Gasteiger partial charge in [0.05, 0.1) is 23.9 Å². The molecule has 0 unspecified atom stereocenters. The van der Waals surface area contributed by atoms with Gasteiger partial charge in [0.15, 0.2) is 0 Å². The molecule has 0 aromatic carbocycles. The zero-order valence-electron chi connectivity index (χ0n) is 10.8. The Morgan fingerprint density at radius 1 is 1.56 bits per heavy atom. The molecule has 1 rings (SSSR count). The van der Waals surface area contributed by atoms with Crippen molar-refractivity contribution in [2.24, 2.45) is 5.92 Å². The zero-order valence-corrected chi connectivity index (χ0v) is 10.8. The number of carbonyl (C=O) groups is 1. The van der Waals surface area contributed by atoms with Crippen LogP contribution in [0.4, 0.5) is 0 Å². The number of pyridine rings is 1. The zero-order chi connectivity index (χ0) is 13.7. The van der Waals surface area contributed by atoms with E-state index in [-0.39, 0.29) is 30.2 Å². The molecule has 0 aliphatic rings. The molecule has 1 aromatic heterocycles. The molecule has 0 spiro atoms. The third kappa shape index (κ3) is 3.28. The second kappa shape index (κ2) is 6.12. The number of nitriles is 1. The van der Waals surface area contributed by atoms with Crippen LogP contribution >= 0.6 is 0 Å². The molecule has 0 saturated carbocycles. The fourth-order valence-electron chi connectivity index (χ4n) is 1.47. The number of aromatic nitrogens is 1. The van der Waals surface area contributed by atoms with Crippen molar-refractivity contribution in [1.29, 1.82) is 5.26 Å². The first-order chi connectivity index (χ1) is 8.49. The SMILES string of the molecule is Cc1nc(C(=O)N[C@H](CO)C(C)C)ccc1C#N. The van der Waals surface area contributed by atoms with Crippen LogP contribution in [-0.2, 0) is 0 Å². The predicted molar refractivity (Wildman–Crippen MR) is 66.9 cm³/mol. The summed E-state index contributed by atoms with van der Waals surface area (Å²) in [4.78, 5) is 16.0. The number of carbonyl (C=O) groups excluding carboxylic acids is 1. The molecule has 0 aliphatic heterocycles. The summed E-state index contributed by atoms with van der Waals surface area (Å²) < 4.78 is 0. The van der Waals surface area contributed by atoms with Crippen molar-refractivity contribution in [3.63, 3.8) is 0 Å². The van der Waals surface area contributed by atoms with Gasteiger partial charge in [0.2, 0.25) is 0 Å². The highest BCUT2D eigenvalue weighted by Gasteiger charge is 2.17. The lowest BCUT2D eigenvalue weighted by Gasteiger charge is -2.19. The number of hydrogen-bond donors (Lipinski definition) is 2. The topological polar surface area (TPSA) is 86.0 Å². The monoisotopic (exact) mass is 247 g/mol. The predicted octanol–water partition coefficient (Wildman–Crippen LogP) is 1.01. The molecule has 5 heteroatoms. The minimum Gasteiger partial charge on any atom is -0.394 e. The normalized spacial score (nSPS) is 12.0. The lowest BCUT2D eigenvalue weighted by molar-refractivity contribution is 0.0891. The number of nitrogens with one attached hydrogen (secondary N) is 1. The van der Waals surface area contributed by atoms with E-state index >= 15 is 0 Å². The Labute approximate surface area is 106 Å². The Hall–Kier alpha value is -1.93. The molecular weight excluding hydrogens is 230 g/mol. The van der Waals surface area contributed by atoms with E-state index in [1.54, 1.807) is 13.0 Å². The average Bonchev–Trinajstić information content (AvgIpc) is 2.35. The fourth-order valence-corrected chi connectivity index (χ4v) is 1.47. The molecule has 18 heavy (non-hydrogen) atoms. The summed E-state index contributed by atoms with van der Waals surface area (Å²) in [5.74, 6) is -0.200. The maximum atomic E-state index is 11.9. The number of amides is 1. The number of rotatable bonds is 4. The number of aliphatic hydroxyl groups is 1. The third-order valence-corrected chi connectivity index (χ3v) is 2.76. The Morgan fingerprint density at radius 2 is 2.22 bits per heavy atom. The van der Waals surface area contributed by atoms with Gasteiger partial charge in [0, 0.05) is 0 Å². The highest BCUT2D eigenvalue weighted by atomic mass is 16.3. The van der Waals surface area contributed by atoms with Crippen LogP contribution in [0.15, 0.2) is 12.1 Å². The van der Waals surface area contributed by atoms with Crippen molar-refractivity contribution in [3.8, 4) is 6.07 Å². The smallest absolute Gasteiger partial charge is 0.270 e. The third-order valence-electron chi connectivity index (χ3n) is 2.76. The maximum Gasteiger partial charge on any atom is 0.270 e. The standard InChI is InChI=1S/C13H17N3O2/c1-8(2)12(7-17)16-13(18)11-5-4-10(6-14)9(3)15-11/h4-5,8,12,17H,7H2,1-3H3,(H,16,18)/t12-/m1/s1. The van der Waals surface area contributed by atoms with Crippen molar-refractivity contribution in [2.75, 3.05) is 6.61 Å². The van der Waals surface area contributed by atoms with E-state index in [2.05, 4.69) is 10.3 Å². The molecule has 0 aliphatic carbocycles. The molecule has 2 N–H and O–H groups in total. The van der Waals surface area contributed by atoms with Gasteiger partial charge in [-0.15, -0.1) is 0 Å². The second-order valence-electron chi connectivity index (χ2n) is 4.45. The highest BCUT2D eigenvalue weighted by Crippen LogP contribution is 2.07. The Kier molecular flexibility index (Phi) is 4.81. The van der Waals surface area contributed by atoms with Gasteiger partial charge in [-0.2, -0.15) is 5.26 Å². The minimum atomic E-state index is -0.338. The molecule has 1 aromatic rings. The summed E-state index contributed by atoms with van der Waals surface area (Å²) in [6, 6.07) is 4.78. The van der Waals surface area contributed by atoms with Gasteiger partial charge in [0.25, 0.3) is 5.91 Å². The summed E-state index contributed by atoms with van der Waals surface area (Å²) in [6.45, 7) is 5.40. The molecule has 0 radical (unpaired) electrons. The molecule has 1 atom stereocenters.